The van der Waals surface area contributed by atoms with Crippen LogP contribution in [0.25, 0.3) is 0 Å². The molecule has 0 aromatic heterocycles. The highest BCUT2D eigenvalue weighted by Crippen LogP contribution is 2.37. The standard InChI is InChI=1S/C13H28N2O2/c1-12(10-16,11-17)8-15(4)9-13(14(2)3)6-5-7-13/h16-17H,5-11H2,1-4H3. The third kappa shape index (κ3) is 3.41. The first-order chi connectivity index (χ1) is 7.87. The fraction of sp³-hybridized carbons (Fsp3) is 1.00. The fourth-order valence-electron chi connectivity index (χ4n) is 2.69. The molecule has 0 aromatic carbocycles. The monoisotopic (exact) mass is 244 g/mol. The first kappa shape index (κ1) is 14.9. The SMILES string of the molecule is CN(CC(C)(CO)CO)CC1(N(C)C)CCC1. The van der Waals surface area contributed by atoms with Gasteiger partial charge in [0, 0.05) is 24.0 Å². The molecule has 2 N–H and O–H groups in total. The summed E-state index contributed by atoms with van der Waals surface area (Å²) in [5.41, 5.74) is -0.0907. The molecule has 102 valence electrons. The highest BCUT2D eigenvalue weighted by atomic mass is 16.3. The maximum absolute atomic E-state index is 9.32. The summed E-state index contributed by atoms with van der Waals surface area (Å²) in [5.74, 6) is 0. The molecule has 0 amide bonds. The molecule has 0 aliphatic heterocycles. The Morgan fingerprint density at radius 1 is 1.12 bits per heavy atom. The van der Waals surface area contributed by atoms with Crippen molar-refractivity contribution in [3.05, 3.63) is 0 Å². The Hall–Kier alpha value is -0.160. The Morgan fingerprint density at radius 2 is 1.65 bits per heavy atom. The van der Waals surface area contributed by atoms with Crippen molar-refractivity contribution in [3.63, 3.8) is 0 Å². The van der Waals surface area contributed by atoms with Crippen LogP contribution in [-0.4, -0.2) is 73.0 Å². The normalized spacial score (nSPS) is 19.8. The van der Waals surface area contributed by atoms with E-state index >= 15 is 0 Å². The molecule has 0 aromatic rings. The fourth-order valence-corrected chi connectivity index (χ4v) is 2.69. The van der Waals surface area contributed by atoms with Gasteiger partial charge in [-0.25, -0.2) is 0 Å². The molecule has 0 spiro atoms. The van der Waals surface area contributed by atoms with Crippen molar-refractivity contribution in [2.45, 2.75) is 31.7 Å². The molecular formula is C13H28N2O2. The quantitative estimate of drug-likeness (QED) is 0.680. The summed E-state index contributed by atoms with van der Waals surface area (Å²) in [4.78, 5) is 4.56. The zero-order valence-corrected chi connectivity index (χ0v) is 11.7. The van der Waals surface area contributed by atoms with E-state index in [4.69, 9.17) is 0 Å². The number of hydrogen-bond acceptors (Lipinski definition) is 4. The molecule has 0 atom stereocenters. The Bertz CT molecular complexity index is 236. The molecule has 1 saturated carbocycles. The van der Waals surface area contributed by atoms with Crippen LogP contribution in [0.15, 0.2) is 0 Å². The van der Waals surface area contributed by atoms with E-state index in [0.717, 1.165) is 13.1 Å². The summed E-state index contributed by atoms with van der Waals surface area (Å²) in [6.45, 7) is 3.73. The maximum Gasteiger partial charge on any atom is 0.0519 e. The summed E-state index contributed by atoms with van der Waals surface area (Å²) in [5, 5.41) is 18.6. The molecule has 0 bridgehead atoms. The zero-order valence-electron chi connectivity index (χ0n) is 11.7. The minimum absolute atomic E-state index is 0.0306. The molecule has 1 fully saturated rings. The smallest absolute Gasteiger partial charge is 0.0519 e. The number of likely N-dealkylation sites (N-methyl/N-ethyl adjacent to an activating group) is 2. The lowest BCUT2D eigenvalue weighted by Gasteiger charge is -2.50. The van der Waals surface area contributed by atoms with Crippen LogP contribution in [-0.2, 0) is 0 Å². The Morgan fingerprint density at radius 3 is 1.94 bits per heavy atom. The average Bonchev–Trinajstić information content (AvgIpc) is 2.22. The van der Waals surface area contributed by atoms with E-state index in [-0.39, 0.29) is 13.2 Å². The van der Waals surface area contributed by atoms with E-state index in [0.29, 0.717) is 5.54 Å². The first-order valence-electron chi connectivity index (χ1n) is 6.45. The van der Waals surface area contributed by atoms with Gasteiger partial charge >= 0.3 is 0 Å². The molecule has 0 saturated heterocycles. The molecule has 4 heteroatoms. The Kier molecular flexibility index (Phi) is 4.95. The maximum atomic E-state index is 9.32. The average molecular weight is 244 g/mol. The number of hydrogen-bond donors (Lipinski definition) is 2. The predicted octanol–water partition coefficient (Wildman–Crippen LogP) is 0.393. The summed E-state index contributed by atoms with van der Waals surface area (Å²) < 4.78 is 0. The van der Waals surface area contributed by atoms with Crippen LogP contribution in [0, 0.1) is 5.41 Å². The van der Waals surface area contributed by atoms with Crippen LogP contribution in [0.3, 0.4) is 0 Å². The van der Waals surface area contributed by atoms with Crippen molar-refractivity contribution in [1.82, 2.24) is 9.80 Å². The summed E-state index contributed by atoms with van der Waals surface area (Å²) in [6, 6.07) is 0. The summed E-state index contributed by atoms with van der Waals surface area (Å²) >= 11 is 0. The lowest BCUT2D eigenvalue weighted by Crippen LogP contribution is -2.57. The number of aliphatic hydroxyl groups excluding tert-OH is 2. The van der Waals surface area contributed by atoms with E-state index in [1.165, 1.54) is 19.3 Å². The lowest BCUT2D eigenvalue weighted by molar-refractivity contribution is -0.00447. The number of rotatable bonds is 7. The van der Waals surface area contributed by atoms with Gasteiger partial charge in [-0.3, -0.25) is 0 Å². The van der Waals surface area contributed by atoms with Gasteiger partial charge in [0.2, 0.25) is 0 Å². The van der Waals surface area contributed by atoms with Crippen molar-refractivity contribution in [2.24, 2.45) is 5.41 Å². The second-order valence-electron chi connectivity index (χ2n) is 6.27. The largest absolute Gasteiger partial charge is 0.396 e. The van der Waals surface area contributed by atoms with E-state index in [1.807, 2.05) is 6.92 Å². The van der Waals surface area contributed by atoms with Gasteiger partial charge in [-0.2, -0.15) is 0 Å². The van der Waals surface area contributed by atoms with E-state index in [2.05, 4.69) is 30.9 Å². The van der Waals surface area contributed by atoms with Gasteiger partial charge in [-0.05, 0) is 40.4 Å². The van der Waals surface area contributed by atoms with Crippen LogP contribution < -0.4 is 0 Å². The molecule has 1 aliphatic rings. The predicted molar refractivity (Wildman–Crippen MR) is 70.0 cm³/mol. The van der Waals surface area contributed by atoms with Gasteiger partial charge in [-0.1, -0.05) is 6.92 Å². The van der Waals surface area contributed by atoms with Crippen LogP contribution >= 0.6 is 0 Å². The van der Waals surface area contributed by atoms with Crippen molar-refractivity contribution in [1.29, 1.82) is 0 Å². The third-order valence-electron chi connectivity index (χ3n) is 4.21. The van der Waals surface area contributed by atoms with Crippen molar-refractivity contribution < 1.29 is 10.2 Å². The molecule has 0 unspecified atom stereocenters. The van der Waals surface area contributed by atoms with Crippen molar-refractivity contribution in [3.8, 4) is 0 Å². The number of aliphatic hydroxyl groups is 2. The van der Waals surface area contributed by atoms with Crippen molar-refractivity contribution in [2.75, 3.05) is 47.4 Å². The second-order valence-corrected chi connectivity index (χ2v) is 6.27. The van der Waals surface area contributed by atoms with Gasteiger partial charge in [-0.15, -0.1) is 0 Å². The van der Waals surface area contributed by atoms with Gasteiger partial charge in [0.05, 0.1) is 13.2 Å². The van der Waals surface area contributed by atoms with Gasteiger partial charge in [0.15, 0.2) is 0 Å². The first-order valence-corrected chi connectivity index (χ1v) is 6.45. The molecule has 4 nitrogen and oxygen atoms in total. The minimum Gasteiger partial charge on any atom is -0.396 e. The topological polar surface area (TPSA) is 46.9 Å². The van der Waals surface area contributed by atoms with Gasteiger partial charge in [0.25, 0.3) is 0 Å². The van der Waals surface area contributed by atoms with E-state index in [9.17, 15) is 10.2 Å². The van der Waals surface area contributed by atoms with E-state index < -0.39 is 5.41 Å². The number of nitrogens with zero attached hydrogens (tertiary/aromatic N) is 2. The third-order valence-corrected chi connectivity index (χ3v) is 4.21. The van der Waals surface area contributed by atoms with Crippen LogP contribution in [0.2, 0.25) is 0 Å². The van der Waals surface area contributed by atoms with Crippen LogP contribution in [0.4, 0.5) is 0 Å². The molecule has 1 aliphatic carbocycles. The van der Waals surface area contributed by atoms with Gasteiger partial charge in [0.1, 0.15) is 0 Å². The Balaban J connectivity index is 2.51. The van der Waals surface area contributed by atoms with Gasteiger partial charge < -0.3 is 20.0 Å². The van der Waals surface area contributed by atoms with E-state index in [1.54, 1.807) is 0 Å². The Labute approximate surface area is 105 Å². The van der Waals surface area contributed by atoms with Crippen LogP contribution in [0.5, 0.6) is 0 Å². The molecule has 0 radical (unpaired) electrons. The molecule has 1 rings (SSSR count). The summed E-state index contributed by atoms with van der Waals surface area (Å²) in [6.07, 6.45) is 3.81. The molecular weight excluding hydrogens is 216 g/mol. The highest BCUT2D eigenvalue weighted by Gasteiger charge is 2.40. The zero-order chi connectivity index (χ0) is 13.1. The second kappa shape index (κ2) is 5.65. The summed E-state index contributed by atoms with van der Waals surface area (Å²) in [7, 11) is 6.36. The molecule has 0 heterocycles. The highest BCUT2D eigenvalue weighted by molar-refractivity contribution is 4.98. The van der Waals surface area contributed by atoms with Crippen molar-refractivity contribution >= 4 is 0 Å². The minimum atomic E-state index is -0.397. The van der Waals surface area contributed by atoms with Crippen LogP contribution in [0.1, 0.15) is 26.2 Å². The molecule has 17 heavy (non-hydrogen) atoms. The lowest BCUT2D eigenvalue weighted by atomic mass is 9.75.